The number of benzene rings is 1. The molecule has 0 spiro atoms. The minimum atomic E-state index is 0.567. The Balaban J connectivity index is 1.19. The summed E-state index contributed by atoms with van der Waals surface area (Å²) in [5, 5.41) is 2.00. The quantitative estimate of drug-likeness (QED) is 0.765. The summed E-state index contributed by atoms with van der Waals surface area (Å²) in [4.78, 5) is 10.3. The predicted octanol–water partition coefficient (Wildman–Crippen LogP) is 3.03. The van der Waals surface area contributed by atoms with Crippen LogP contribution in [0.15, 0.2) is 53.3 Å². The number of allylic oxidation sites excluding steroid dienone is 1. The number of aromatic amines is 1. The first-order chi connectivity index (χ1) is 13.4. The van der Waals surface area contributed by atoms with Crippen LogP contribution in [0.3, 0.4) is 0 Å². The molecule has 27 heavy (non-hydrogen) atoms. The van der Waals surface area contributed by atoms with Crippen LogP contribution in [0.1, 0.15) is 30.4 Å². The van der Waals surface area contributed by atoms with Crippen LogP contribution in [0.4, 0.5) is 5.82 Å². The van der Waals surface area contributed by atoms with Gasteiger partial charge in [-0.2, -0.15) is 0 Å². The average Bonchev–Trinajstić information content (AvgIpc) is 3.36. The molecule has 0 amide bonds. The lowest BCUT2D eigenvalue weighted by Gasteiger charge is -2.32. The molecule has 140 valence electrons. The number of hydrazine groups is 2. The molecule has 3 aliphatic heterocycles. The van der Waals surface area contributed by atoms with E-state index in [0.29, 0.717) is 5.92 Å². The number of rotatable bonds is 5. The molecule has 1 aromatic heterocycles. The third kappa shape index (κ3) is 3.26. The average molecular weight is 362 g/mol. The van der Waals surface area contributed by atoms with Gasteiger partial charge in [0.05, 0.1) is 11.4 Å². The highest BCUT2D eigenvalue weighted by Crippen LogP contribution is 2.38. The predicted molar refractivity (Wildman–Crippen MR) is 108 cm³/mol. The van der Waals surface area contributed by atoms with Crippen LogP contribution in [-0.2, 0) is 6.42 Å². The summed E-state index contributed by atoms with van der Waals surface area (Å²) in [5.74, 6) is 1.51. The standard InChI is InChI=1S/C21H26N6/c1-2-5-16(6-3-1)7-4-12-26-13-9-17(10-14-26)19-20-18-8-11-22-21(18)23-15-27(20)25-24-19/h1-3,5-6,8,11,15,17,22,24-25H,4,7,9-10,12-14H2. The third-order valence-electron chi connectivity index (χ3n) is 5.87. The smallest absolute Gasteiger partial charge is 0.141 e. The lowest BCUT2D eigenvalue weighted by atomic mass is 9.91. The van der Waals surface area contributed by atoms with Gasteiger partial charge in [0.15, 0.2) is 0 Å². The van der Waals surface area contributed by atoms with Gasteiger partial charge in [0.1, 0.15) is 12.2 Å². The zero-order valence-corrected chi connectivity index (χ0v) is 15.5. The van der Waals surface area contributed by atoms with Crippen molar-refractivity contribution in [2.24, 2.45) is 10.9 Å². The maximum absolute atomic E-state index is 4.45. The summed E-state index contributed by atoms with van der Waals surface area (Å²) in [7, 11) is 0. The summed E-state index contributed by atoms with van der Waals surface area (Å²) in [6.45, 7) is 3.54. The number of likely N-dealkylation sites (tertiary alicyclic amines) is 1. The van der Waals surface area contributed by atoms with Gasteiger partial charge in [0.25, 0.3) is 0 Å². The van der Waals surface area contributed by atoms with Gasteiger partial charge < -0.3 is 15.3 Å². The minimum Gasteiger partial charge on any atom is -0.346 e. The minimum absolute atomic E-state index is 0.567. The molecule has 0 saturated carbocycles. The number of aliphatic imine (C=N–C) groups is 1. The molecule has 1 fully saturated rings. The van der Waals surface area contributed by atoms with Gasteiger partial charge >= 0.3 is 0 Å². The van der Waals surface area contributed by atoms with Crippen molar-refractivity contribution < 1.29 is 0 Å². The summed E-state index contributed by atoms with van der Waals surface area (Å²) >= 11 is 0. The van der Waals surface area contributed by atoms with E-state index in [1.165, 1.54) is 67.8 Å². The maximum atomic E-state index is 4.45. The van der Waals surface area contributed by atoms with Gasteiger partial charge in [0, 0.05) is 17.7 Å². The number of piperidine rings is 1. The first kappa shape index (κ1) is 16.6. The number of hydrogen-bond acceptors (Lipinski definition) is 5. The summed E-state index contributed by atoms with van der Waals surface area (Å²) in [6.07, 6.45) is 8.61. The van der Waals surface area contributed by atoms with E-state index in [2.05, 4.69) is 62.2 Å². The maximum Gasteiger partial charge on any atom is 0.141 e. The van der Waals surface area contributed by atoms with Crippen molar-refractivity contribution in [3.63, 3.8) is 0 Å². The Morgan fingerprint density at radius 2 is 1.93 bits per heavy atom. The fourth-order valence-corrected chi connectivity index (χ4v) is 4.39. The van der Waals surface area contributed by atoms with E-state index in [0.717, 1.165) is 5.82 Å². The fraction of sp³-hybridized carbons (Fsp3) is 0.381. The molecule has 0 bridgehead atoms. The lowest BCUT2D eigenvalue weighted by Crippen LogP contribution is -2.39. The van der Waals surface area contributed by atoms with Crippen molar-refractivity contribution >= 4 is 17.9 Å². The van der Waals surface area contributed by atoms with Crippen LogP contribution in [0, 0.1) is 5.92 Å². The van der Waals surface area contributed by atoms with E-state index in [4.69, 9.17) is 0 Å². The Kier molecular flexibility index (Phi) is 4.43. The Morgan fingerprint density at radius 3 is 2.78 bits per heavy atom. The van der Waals surface area contributed by atoms with Crippen LogP contribution < -0.4 is 11.0 Å². The van der Waals surface area contributed by atoms with Crippen molar-refractivity contribution in [1.29, 1.82) is 0 Å². The monoisotopic (exact) mass is 362 g/mol. The van der Waals surface area contributed by atoms with Crippen molar-refractivity contribution in [2.45, 2.75) is 25.7 Å². The normalized spacial score (nSPS) is 19.9. The Bertz CT molecular complexity index is 845. The SMILES string of the molecule is C1=Nc2[nH]ccc2C2=C(C3CCN(CCCc4ccccc4)CC3)NNN12. The number of aromatic nitrogens is 1. The Hall–Kier alpha value is -2.57. The third-order valence-corrected chi connectivity index (χ3v) is 5.87. The molecule has 6 nitrogen and oxygen atoms in total. The first-order valence-electron chi connectivity index (χ1n) is 9.92. The Morgan fingerprint density at radius 1 is 1.07 bits per heavy atom. The molecular formula is C21H26N6. The second kappa shape index (κ2) is 7.21. The molecule has 6 heteroatoms. The van der Waals surface area contributed by atoms with Crippen LogP contribution in [0.25, 0.3) is 5.70 Å². The first-order valence-corrected chi connectivity index (χ1v) is 9.92. The molecule has 0 aliphatic carbocycles. The van der Waals surface area contributed by atoms with Crippen LogP contribution in [-0.4, -0.2) is 40.9 Å². The zero-order chi connectivity index (χ0) is 18.1. The van der Waals surface area contributed by atoms with Crippen LogP contribution >= 0.6 is 0 Å². The number of fused-ring (bicyclic) bond motifs is 3. The van der Waals surface area contributed by atoms with E-state index < -0.39 is 0 Å². The molecule has 4 heterocycles. The van der Waals surface area contributed by atoms with Crippen LogP contribution in [0.5, 0.6) is 0 Å². The van der Waals surface area contributed by atoms with E-state index >= 15 is 0 Å². The molecule has 1 aromatic carbocycles. The molecule has 5 rings (SSSR count). The molecule has 3 N–H and O–H groups in total. The molecule has 1 saturated heterocycles. The number of hydrogen-bond donors (Lipinski definition) is 3. The summed E-state index contributed by atoms with van der Waals surface area (Å²) in [6, 6.07) is 12.9. The second-order valence-electron chi connectivity index (χ2n) is 7.56. The van der Waals surface area contributed by atoms with E-state index in [9.17, 15) is 0 Å². The van der Waals surface area contributed by atoms with Gasteiger partial charge in [-0.1, -0.05) is 30.3 Å². The van der Waals surface area contributed by atoms with Crippen molar-refractivity contribution in [3.8, 4) is 0 Å². The van der Waals surface area contributed by atoms with Gasteiger partial charge in [-0.3, -0.25) is 0 Å². The molecular weight excluding hydrogens is 336 g/mol. The van der Waals surface area contributed by atoms with Crippen molar-refractivity contribution in [3.05, 3.63) is 59.4 Å². The van der Waals surface area contributed by atoms with Gasteiger partial charge in [0.2, 0.25) is 0 Å². The number of H-pyrrole nitrogens is 1. The Labute approximate surface area is 159 Å². The second-order valence-corrected chi connectivity index (χ2v) is 7.56. The highest BCUT2D eigenvalue weighted by atomic mass is 15.7. The molecule has 0 atom stereocenters. The van der Waals surface area contributed by atoms with E-state index in [-0.39, 0.29) is 0 Å². The van der Waals surface area contributed by atoms with Gasteiger partial charge in [-0.15, -0.1) is 5.53 Å². The van der Waals surface area contributed by atoms with E-state index in [1.807, 2.05) is 17.5 Å². The molecule has 0 radical (unpaired) electrons. The topological polar surface area (TPSA) is 58.7 Å². The highest BCUT2D eigenvalue weighted by Gasteiger charge is 2.33. The summed E-state index contributed by atoms with van der Waals surface area (Å²) in [5.41, 5.74) is 11.8. The highest BCUT2D eigenvalue weighted by molar-refractivity contribution is 5.87. The molecule has 2 aromatic rings. The summed E-state index contributed by atoms with van der Waals surface area (Å²) < 4.78 is 0. The van der Waals surface area contributed by atoms with Gasteiger partial charge in [-0.25, -0.2) is 10.0 Å². The van der Waals surface area contributed by atoms with Crippen molar-refractivity contribution in [1.82, 2.24) is 25.9 Å². The van der Waals surface area contributed by atoms with Crippen molar-refractivity contribution in [2.75, 3.05) is 19.6 Å². The lowest BCUT2D eigenvalue weighted by molar-refractivity contribution is 0.193. The molecule has 3 aliphatic rings. The number of nitrogens with one attached hydrogen (secondary N) is 3. The molecule has 0 unspecified atom stereocenters. The number of aryl methyl sites for hydroxylation is 1. The zero-order valence-electron chi connectivity index (χ0n) is 15.5. The van der Waals surface area contributed by atoms with Crippen LogP contribution in [0.2, 0.25) is 0 Å². The van der Waals surface area contributed by atoms with E-state index in [1.54, 1.807) is 0 Å². The largest absolute Gasteiger partial charge is 0.346 e. The fourth-order valence-electron chi connectivity index (χ4n) is 4.39. The van der Waals surface area contributed by atoms with Gasteiger partial charge in [-0.05, 0) is 56.9 Å². The number of nitrogens with zero attached hydrogens (tertiary/aromatic N) is 3.